The van der Waals surface area contributed by atoms with E-state index in [0.29, 0.717) is 0 Å². The summed E-state index contributed by atoms with van der Waals surface area (Å²) in [6, 6.07) is 7.33. The molecule has 150 valence electrons. The van der Waals surface area contributed by atoms with Crippen LogP contribution in [0.25, 0.3) is 0 Å². The SMILES string of the molecule is CCCCO[Si](CCc1c(I)cccc1I)(OCCCC)OCCCC. The van der Waals surface area contributed by atoms with Crippen molar-refractivity contribution in [1.82, 2.24) is 0 Å². The quantitative estimate of drug-likeness (QED) is 0.125. The van der Waals surface area contributed by atoms with Gasteiger partial charge in [0.05, 0.1) is 0 Å². The fourth-order valence-corrected chi connectivity index (χ4v) is 7.16. The highest BCUT2D eigenvalue weighted by Crippen LogP contribution is 2.26. The Bertz CT molecular complexity index is 453. The number of rotatable bonds is 15. The summed E-state index contributed by atoms with van der Waals surface area (Å²) in [6.07, 6.45) is 7.51. The lowest BCUT2D eigenvalue weighted by Gasteiger charge is -2.30. The number of halogens is 2. The predicted molar refractivity (Wildman–Crippen MR) is 129 cm³/mol. The molecule has 0 heterocycles. The van der Waals surface area contributed by atoms with Crippen molar-refractivity contribution in [2.75, 3.05) is 19.8 Å². The van der Waals surface area contributed by atoms with Gasteiger partial charge in [-0.05, 0) is 88.6 Å². The number of hydrogen-bond acceptors (Lipinski definition) is 3. The van der Waals surface area contributed by atoms with Crippen LogP contribution in [0.2, 0.25) is 6.04 Å². The summed E-state index contributed by atoms with van der Waals surface area (Å²) in [4.78, 5) is 0. The first-order chi connectivity index (χ1) is 12.6. The Morgan fingerprint density at radius 3 is 1.58 bits per heavy atom. The van der Waals surface area contributed by atoms with Crippen molar-refractivity contribution in [2.45, 2.75) is 71.8 Å². The Balaban J connectivity index is 2.88. The molecular weight excluding hydrogens is 570 g/mol. The van der Waals surface area contributed by atoms with E-state index in [2.05, 4.69) is 84.2 Å². The average molecular weight is 604 g/mol. The number of benzene rings is 1. The second kappa shape index (κ2) is 14.7. The molecule has 0 fully saturated rings. The second-order valence-electron chi connectivity index (χ2n) is 6.49. The summed E-state index contributed by atoms with van der Waals surface area (Å²) < 4.78 is 21.7. The van der Waals surface area contributed by atoms with E-state index in [1.807, 2.05) is 0 Å². The Hall–Kier alpha value is 0.777. The van der Waals surface area contributed by atoms with E-state index >= 15 is 0 Å². The van der Waals surface area contributed by atoms with E-state index in [-0.39, 0.29) is 0 Å². The van der Waals surface area contributed by atoms with Crippen LogP contribution in [-0.2, 0) is 19.7 Å². The van der Waals surface area contributed by atoms with Crippen LogP contribution in [0, 0.1) is 7.14 Å². The van der Waals surface area contributed by atoms with Crippen molar-refractivity contribution in [3.05, 3.63) is 30.9 Å². The van der Waals surface area contributed by atoms with Crippen LogP contribution >= 0.6 is 45.2 Å². The van der Waals surface area contributed by atoms with Gasteiger partial charge in [-0.15, -0.1) is 0 Å². The summed E-state index contributed by atoms with van der Waals surface area (Å²) >= 11 is 4.86. The summed E-state index contributed by atoms with van der Waals surface area (Å²) in [5.74, 6) is 0. The predicted octanol–water partition coefficient (Wildman–Crippen LogP) is 6.83. The van der Waals surface area contributed by atoms with Crippen LogP contribution in [0.15, 0.2) is 18.2 Å². The zero-order chi connectivity index (χ0) is 19.3. The van der Waals surface area contributed by atoms with E-state index in [9.17, 15) is 0 Å². The minimum Gasteiger partial charge on any atom is -0.373 e. The van der Waals surface area contributed by atoms with Gasteiger partial charge >= 0.3 is 8.80 Å². The molecule has 0 aliphatic carbocycles. The molecule has 0 aliphatic heterocycles. The van der Waals surface area contributed by atoms with Crippen LogP contribution in [0.4, 0.5) is 0 Å². The monoisotopic (exact) mass is 604 g/mol. The van der Waals surface area contributed by atoms with Gasteiger partial charge in [-0.25, -0.2) is 0 Å². The molecule has 0 amide bonds. The largest absolute Gasteiger partial charge is 0.501 e. The highest BCUT2D eigenvalue weighted by atomic mass is 127. The van der Waals surface area contributed by atoms with E-state index in [1.54, 1.807) is 0 Å². The van der Waals surface area contributed by atoms with E-state index in [4.69, 9.17) is 13.3 Å². The molecule has 26 heavy (non-hydrogen) atoms. The summed E-state index contributed by atoms with van der Waals surface area (Å²) in [7, 11) is -2.64. The van der Waals surface area contributed by atoms with Gasteiger partial charge in [0, 0.05) is 33.0 Å². The van der Waals surface area contributed by atoms with Crippen LogP contribution in [-0.4, -0.2) is 28.6 Å². The van der Waals surface area contributed by atoms with Gasteiger partial charge in [0.2, 0.25) is 0 Å². The maximum atomic E-state index is 6.35. The smallest absolute Gasteiger partial charge is 0.373 e. The standard InChI is InChI=1S/C20H34I2O3Si/c1-4-7-14-23-26(24-15-8-5-2,25-16-9-6-3)17-13-18-19(21)11-10-12-20(18)22/h10-12H,4-9,13-17H2,1-3H3. The maximum Gasteiger partial charge on any atom is 0.501 e. The van der Waals surface area contributed by atoms with Crippen LogP contribution in [0.3, 0.4) is 0 Å². The third kappa shape index (κ3) is 9.32. The number of unbranched alkanes of at least 4 members (excludes halogenated alkanes) is 3. The fraction of sp³-hybridized carbons (Fsp3) is 0.700. The fourth-order valence-electron chi connectivity index (χ4n) is 2.51. The molecule has 0 bridgehead atoms. The molecule has 0 radical (unpaired) electrons. The van der Waals surface area contributed by atoms with E-state index < -0.39 is 8.80 Å². The van der Waals surface area contributed by atoms with Gasteiger partial charge in [0.25, 0.3) is 0 Å². The Morgan fingerprint density at radius 1 is 0.769 bits per heavy atom. The lowest BCUT2D eigenvalue weighted by Crippen LogP contribution is -2.47. The Labute approximate surface area is 188 Å². The van der Waals surface area contributed by atoms with Crippen molar-refractivity contribution < 1.29 is 13.3 Å². The molecule has 0 N–H and O–H groups in total. The first-order valence-electron chi connectivity index (χ1n) is 9.93. The minimum absolute atomic E-state index is 0.740. The first-order valence-corrected chi connectivity index (χ1v) is 14.0. The van der Waals surface area contributed by atoms with Crippen molar-refractivity contribution in [1.29, 1.82) is 0 Å². The summed E-state index contributed by atoms with van der Waals surface area (Å²) in [5.41, 5.74) is 1.39. The van der Waals surface area contributed by atoms with Crippen molar-refractivity contribution in [2.24, 2.45) is 0 Å². The molecule has 1 aromatic carbocycles. The number of hydrogen-bond donors (Lipinski definition) is 0. The molecule has 0 aliphatic rings. The van der Waals surface area contributed by atoms with Crippen LogP contribution in [0.5, 0.6) is 0 Å². The summed E-state index contributed by atoms with van der Waals surface area (Å²) in [6.45, 7) is 8.79. The lowest BCUT2D eigenvalue weighted by molar-refractivity contribution is 0.0563. The Kier molecular flexibility index (Phi) is 14.1. The first kappa shape index (κ1) is 24.8. The molecule has 0 saturated carbocycles. The highest BCUT2D eigenvalue weighted by Gasteiger charge is 2.41. The molecular formula is C20H34I2O3Si. The lowest BCUT2D eigenvalue weighted by atomic mass is 10.2. The molecule has 0 saturated heterocycles. The van der Waals surface area contributed by atoms with Gasteiger partial charge in [-0.2, -0.15) is 0 Å². The zero-order valence-electron chi connectivity index (χ0n) is 16.5. The molecule has 0 atom stereocenters. The van der Waals surface area contributed by atoms with Crippen LogP contribution in [0.1, 0.15) is 64.9 Å². The van der Waals surface area contributed by atoms with E-state index in [1.165, 1.54) is 12.7 Å². The van der Waals surface area contributed by atoms with E-state index in [0.717, 1.165) is 70.8 Å². The normalized spacial score (nSPS) is 11.9. The summed E-state index contributed by atoms with van der Waals surface area (Å²) in [5, 5.41) is 0. The highest BCUT2D eigenvalue weighted by molar-refractivity contribution is 14.1. The van der Waals surface area contributed by atoms with Crippen molar-refractivity contribution in [3.63, 3.8) is 0 Å². The van der Waals surface area contributed by atoms with Gasteiger partial charge in [-0.1, -0.05) is 46.1 Å². The van der Waals surface area contributed by atoms with Gasteiger partial charge in [0.15, 0.2) is 0 Å². The van der Waals surface area contributed by atoms with Gasteiger partial charge in [-0.3, -0.25) is 0 Å². The molecule has 1 aromatic rings. The molecule has 0 unspecified atom stereocenters. The molecule has 0 aromatic heterocycles. The molecule has 3 nitrogen and oxygen atoms in total. The molecule has 0 spiro atoms. The second-order valence-corrected chi connectivity index (χ2v) is 11.5. The average Bonchev–Trinajstić information content (AvgIpc) is 2.62. The minimum atomic E-state index is -2.64. The van der Waals surface area contributed by atoms with Crippen LogP contribution < -0.4 is 0 Å². The zero-order valence-corrected chi connectivity index (χ0v) is 21.8. The third-order valence-corrected chi connectivity index (χ3v) is 9.02. The maximum absolute atomic E-state index is 6.35. The molecule has 1 rings (SSSR count). The van der Waals surface area contributed by atoms with Gasteiger partial charge < -0.3 is 13.3 Å². The Morgan fingerprint density at radius 2 is 1.19 bits per heavy atom. The topological polar surface area (TPSA) is 27.7 Å². The van der Waals surface area contributed by atoms with Crippen molar-refractivity contribution in [3.8, 4) is 0 Å². The van der Waals surface area contributed by atoms with Crippen molar-refractivity contribution >= 4 is 54.0 Å². The third-order valence-electron chi connectivity index (χ3n) is 4.20. The molecule has 6 heteroatoms. The van der Waals surface area contributed by atoms with Gasteiger partial charge in [0.1, 0.15) is 0 Å².